The van der Waals surface area contributed by atoms with Crippen LogP contribution in [0.4, 0.5) is 0 Å². The van der Waals surface area contributed by atoms with Gasteiger partial charge in [-0.3, -0.25) is 0 Å². The quantitative estimate of drug-likeness (QED) is 0.872. The molecule has 1 aliphatic rings. The lowest BCUT2D eigenvalue weighted by Crippen LogP contribution is -2.29. The van der Waals surface area contributed by atoms with Gasteiger partial charge in [0.25, 0.3) is 0 Å². The van der Waals surface area contributed by atoms with Crippen molar-refractivity contribution in [2.75, 3.05) is 13.7 Å². The maximum Gasteiger partial charge on any atom is 0.119 e. The SMILES string of the molecule is CNC1CCCC1CCOc1cccc(C(C)(C)C)c1. The second-order valence-electron chi connectivity index (χ2n) is 7.00. The summed E-state index contributed by atoms with van der Waals surface area (Å²) in [5.74, 6) is 1.79. The molecule has 1 aromatic rings. The molecule has 0 spiro atoms. The van der Waals surface area contributed by atoms with Gasteiger partial charge in [0.05, 0.1) is 6.61 Å². The summed E-state index contributed by atoms with van der Waals surface area (Å²) in [6, 6.07) is 9.23. The van der Waals surface area contributed by atoms with Gasteiger partial charge in [0, 0.05) is 6.04 Å². The summed E-state index contributed by atoms with van der Waals surface area (Å²) in [6.45, 7) is 7.54. The van der Waals surface area contributed by atoms with Gasteiger partial charge in [0.1, 0.15) is 5.75 Å². The Bertz CT molecular complexity index is 422. The van der Waals surface area contributed by atoms with Crippen molar-refractivity contribution in [2.45, 2.75) is 57.9 Å². The summed E-state index contributed by atoms with van der Waals surface area (Å²) >= 11 is 0. The third-order valence-electron chi connectivity index (χ3n) is 4.49. The molecule has 0 amide bonds. The van der Waals surface area contributed by atoms with Gasteiger partial charge < -0.3 is 10.1 Å². The Hall–Kier alpha value is -1.02. The first-order valence-electron chi connectivity index (χ1n) is 7.91. The number of hydrogen-bond acceptors (Lipinski definition) is 2. The van der Waals surface area contributed by atoms with Crippen molar-refractivity contribution in [3.05, 3.63) is 29.8 Å². The third kappa shape index (κ3) is 3.99. The largest absolute Gasteiger partial charge is 0.494 e. The second-order valence-corrected chi connectivity index (χ2v) is 7.00. The molecular weight excluding hydrogens is 246 g/mol. The Balaban J connectivity index is 1.85. The molecule has 0 heterocycles. The Morgan fingerprint density at radius 2 is 2.05 bits per heavy atom. The van der Waals surface area contributed by atoms with E-state index in [1.807, 2.05) is 0 Å². The molecular formula is C18H29NO. The number of rotatable bonds is 5. The van der Waals surface area contributed by atoms with Crippen LogP contribution in [0.2, 0.25) is 0 Å². The van der Waals surface area contributed by atoms with Crippen LogP contribution in [0.5, 0.6) is 5.75 Å². The van der Waals surface area contributed by atoms with E-state index >= 15 is 0 Å². The molecule has 0 saturated heterocycles. The minimum absolute atomic E-state index is 0.183. The van der Waals surface area contributed by atoms with Crippen LogP contribution in [0.3, 0.4) is 0 Å². The van der Waals surface area contributed by atoms with Crippen LogP contribution in [0.15, 0.2) is 24.3 Å². The summed E-state index contributed by atoms with van der Waals surface area (Å²) in [5.41, 5.74) is 1.52. The summed E-state index contributed by atoms with van der Waals surface area (Å²) in [5, 5.41) is 3.44. The van der Waals surface area contributed by atoms with Crippen LogP contribution in [0.25, 0.3) is 0 Å². The first-order chi connectivity index (χ1) is 9.50. The molecule has 0 radical (unpaired) electrons. The summed E-state index contributed by atoms with van der Waals surface area (Å²) in [6.07, 6.45) is 5.18. The van der Waals surface area contributed by atoms with Crippen molar-refractivity contribution in [2.24, 2.45) is 5.92 Å². The van der Waals surface area contributed by atoms with E-state index in [-0.39, 0.29) is 5.41 Å². The lowest BCUT2D eigenvalue weighted by atomic mass is 9.87. The first-order valence-corrected chi connectivity index (χ1v) is 7.91. The topological polar surface area (TPSA) is 21.3 Å². The maximum absolute atomic E-state index is 5.97. The number of hydrogen-bond donors (Lipinski definition) is 1. The number of ether oxygens (including phenoxy) is 1. The highest BCUT2D eigenvalue weighted by Crippen LogP contribution is 2.29. The van der Waals surface area contributed by atoms with Gasteiger partial charge in [-0.15, -0.1) is 0 Å². The summed E-state index contributed by atoms with van der Waals surface area (Å²) < 4.78 is 5.97. The molecule has 1 aliphatic carbocycles. The maximum atomic E-state index is 5.97. The zero-order valence-electron chi connectivity index (χ0n) is 13.4. The summed E-state index contributed by atoms with van der Waals surface area (Å²) in [7, 11) is 2.08. The molecule has 0 aromatic heterocycles. The Kier molecular flexibility index (Phi) is 5.09. The molecule has 0 aliphatic heterocycles. The van der Waals surface area contributed by atoms with E-state index in [9.17, 15) is 0 Å². The van der Waals surface area contributed by atoms with E-state index in [4.69, 9.17) is 4.74 Å². The predicted molar refractivity (Wildman–Crippen MR) is 85.4 cm³/mol. The van der Waals surface area contributed by atoms with Gasteiger partial charge in [0.15, 0.2) is 0 Å². The second kappa shape index (κ2) is 6.62. The van der Waals surface area contributed by atoms with Crippen LogP contribution in [-0.4, -0.2) is 19.7 Å². The lowest BCUT2D eigenvalue weighted by molar-refractivity contribution is 0.263. The molecule has 2 atom stereocenters. The lowest BCUT2D eigenvalue weighted by Gasteiger charge is -2.21. The van der Waals surface area contributed by atoms with E-state index in [0.717, 1.165) is 24.7 Å². The van der Waals surface area contributed by atoms with E-state index in [0.29, 0.717) is 6.04 Å². The highest BCUT2D eigenvalue weighted by atomic mass is 16.5. The third-order valence-corrected chi connectivity index (χ3v) is 4.49. The normalized spacial score (nSPS) is 23.0. The Labute approximate surface area is 123 Å². The molecule has 2 rings (SSSR count). The van der Waals surface area contributed by atoms with E-state index < -0.39 is 0 Å². The van der Waals surface area contributed by atoms with Gasteiger partial charge in [-0.1, -0.05) is 39.3 Å². The molecule has 2 unspecified atom stereocenters. The zero-order chi connectivity index (χ0) is 14.6. The van der Waals surface area contributed by atoms with Gasteiger partial charge in [-0.2, -0.15) is 0 Å². The average molecular weight is 275 g/mol. The monoisotopic (exact) mass is 275 g/mol. The van der Waals surface area contributed by atoms with Crippen molar-refractivity contribution >= 4 is 0 Å². The molecule has 2 nitrogen and oxygen atoms in total. The minimum atomic E-state index is 0.183. The van der Waals surface area contributed by atoms with Crippen LogP contribution in [0, 0.1) is 5.92 Å². The van der Waals surface area contributed by atoms with Gasteiger partial charge in [-0.05, 0) is 55.3 Å². The van der Waals surface area contributed by atoms with Crippen LogP contribution < -0.4 is 10.1 Å². The van der Waals surface area contributed by atoms with Gasteiger partial charge in [0.2, 0.25) is 0 Å². The van der Waals surface area contributed by atoms with Crippen molar-refractivity contribution in [3.63, 3.8) is 0 Å². The minimum Gasteiger partial charge on any atom is -0.494 e. The van der Waals surface area contributed by atoms with Crippen molar-refractivity contribution in [1.82, 2.24) is 5.32 Å². The highest BCUT2D eigenvalue weighted by Gasteiger charge is 2.25. The van der Waals surface area contributed by atoms with Gasteiger partial charge >= 0.3 is 0 Å². The molecule has 1 N–H and O–H groups in total. The predicted octanol–water partition coefficient (Wildman–Crippen LogP) is 4.14. The molecule has 1 aromatic carbocycles. The fourth-order valence-electron chi connectivity index (χ4n) is 3.14. The highest BCUT2D eigenvalue weighted by molar-refractivity contribution is 5.32. The number of nitrogens with one attached hydrogen (secondary N) is 1. The van der Waals surface area contributed by atoms with Crippen LogP contribution in [0.1, 0.15) is 52.0 Å². The first kappa shape index (κ1) is 15.4. The average Bonchev–Trinajstić information content (AvgIpc) is 2.86. The van der Waals surface area contributed by atoms with Crippen LogP contribution in [-0.2, 0) is 5.41 Å². The van der Waals surface area contributed by atoms with Crippen LogP contribution >= 0.6 is 0 Å². The molecule has 1 fully saturated rings. The standard InChI is InChI=1S/C18H29NO/c1-18(2,3)15-8-6-9-16(13-15)20-12-11-14-7-5-10-17(14)19-4/h6,8-9,13-14,17,19H,5,7,10-12H2,1-4H3. The molecule has 112 valence electrons. The van der Waals surface area contributed by atoms with E-state index in [1.54, 1.807) is 0 Å². The van der Waals surface area contributed by atoms with Gasteiger partial charge in [-0.25, -0.2) is 0 Å². The smallest absolute Gasteiger partial charge is 0.119 e. The Morgan fingerprint density at radius 1 is 1.25 bits per heavy atom. The van der Waals surface area contributed by atoms with Crippen molar-refractivity contribution < 1.29 is 4.74 Å². The van der Waals surface area contributed by atoms with Crippen molar-refractivity contribution in [3.8, 4) is 5.75 Å². The fraction of sp³-hybridized carbons (Fsp3) is 0.667. The van der Waals surface area contributed by atoms with E-state index in [2.05, 4.69) is 57.4 Å². The summed E-state index contributed by atoms with van der Waals surface area (Å²) in [4.78, 5) is 0. The van der Waals surface area contributed by atoms with Crippen molar-refractivity contribution in [1.29, 1.82) is 0 Å². The molecule has 1 saturated carbocycles. The molecule has 0 bridgehead atoms. The fourth-order valence-corrected chi connectivity index (χ4v) is 3.14. The number of benzene rings is 1. The zero-order valence-corrected chi connectivity index (χ0v) is 13.4. The Morgan fingerprint density at radius 3 is 2.75 bits per heavy atom. The molecule has 20 heavy (non-hydrogen) atoms. The van der Waals surface area contributed by atoms with E-state index in [1.165, 1.54) is 24.8 Å². The molecule has 2 heteroatoms.